The molecule has 1 aromatic heterocycles. The maximum Gasteiger partial charge on any atom is 0.211 e. The van der Waals surface area contributed by atoms with Gasteiger partial charge in [-0.2, -0.15) is 5.10 Å². The highest BCUT2D eigenvalue weighted by Crippen LogP contribution is 2.16. The largest absolute Gasteiger partial charge is 0.369 e. The summed E-state index contributed by atoms with van der Waals surface area (Å²) in [6.45, 7) is 3.91. The zero-order valence-corrected chi connectivity index (χ0v) is 8.43. The van der Waals surface area contributed by atoms with Crippen molar-refractivity contribution in [1.29, 1.82) is 0 Å². The van der Waals surface area contributed by atoms with Crippen LogP contribution in [0.3, 0.4) is 0 Å². The van der Waals surface area contributed by atoms with Crippen molar-refractivity contribution in [2.24, 2.45) is 21.7 Å². The first-order valence-electron chi connectivity index (χ1n) is 3.79. The molecule has 70 valence electrons. The molecule has 5 heteroatoms. The van der Waals surface area contributed by atoms with E-state index in [4.69, 9.17) is 11.5 Å². The summed E-state index contributed by atoms with van der Waals surface area (Å²) in [6, 6.07) is 2.04. The van der Waals surface area contributed by atoms with Crippen molar-refractivity contribution in [1.82, 2.24) is 0 Å². The Kier molecular flexibility index (Phi) is 3.02. The molecule has 0 aliphatic carbocycles. The number of aryl methyl sites for hydroxylation is 1. The Morgan fingerprint density at radius 1 is 1.38 bits per heavy atom. The van der Waals surface area contributed by atoms with Gasteiger partial charge in [0.2, 0.25) is 5.96 Å². The molecular weight excluding hydrogens is 184 g/mol. The number of hydrogen-bond acceptors (Lipinski definition) is 3. The van der Waals surface area contributed by atoms with E-state index < -0.39 is 0 Å². The van der Waals surface area contributed by atoms with Gasteiger partial charge < -0.3 is 11.5 Å². The van der Waals surface area contributed by atoms with Crippen molar-refractivity contribution >= 4 is 23.0 Å². The van der Waals surface area contributed by atoms with Crippen LogP contribution >= 0.6 is 11.3 Å². The lowest BCUT2D eigenvalue weighted by molar-refractivity contribution is 1.20. The first kappa shape index (κ1) is 9.73. The highest BCUT2D eigenvalue weighted by Gasteiger charge is 2.02. The summed E-state index contributed by atoms with van der Waals surface area (Å²) in [4.78, 5) is 1.12. The zero-order valence-electron chi connectivity index (χ0n) is 7.61. The van der Waals surface area contributed by atoms with Crippen LogP contribution in [-0.4, -0.2) is 11.7 Å². The molecule has 0 spiro atoms. The first-order chi connectivity index (χ1) is 6.11. The van der Waals surface area contributed by atoms with Gasteiger partial charge in [0.05, 0.1) is 10.6 Å². The van der Waals surface area contributed by atoms with Crippen LogP contribution in [0.4, 0.5) is 0 Å². The summed E-state index contributed by atoms with van der Waals surface area (Å²) < 4.78 is 0. The van der Waals surface area contributed by atoms with Crippen molar-refractivity contribution in [3.05, 3.63) is 21.9 Å². The van der Waals surface area contributed by atoms with Gasteiger partial charge in [-0.05, 0) is 30.9 Å². The predicted octanol–water partition coefficient (Wildman–Crippen LogP) is 1.05. The molecule has 13 heavy (non-hydrogen) atoms. The Hall–Kier alpha value is -1.36. The summed E-state index contributed by atoms with van der Waals surface area (Å²) in [6.07, 6.45) is 0. The molecule has 1 aromatic rings. The van der Waals surface area contributed by atoms with E-state index in [1.165, 1.54) is 5.56 Å². The topological polar surface area (TPSA) is 76.8 Å². The summed E-state index contributed by atoms with van der Waals surface area (Å²) in [5, 5.41) is 9.49. The van der Waals surface area contributed by atoms with Gasteiger partial charge in [-0.1, -0.05) is 0 Å². The van der Waals surface area contributed by atoms with Crippen molar-refractivity contribution in [2.45, 2.75) is 13.8 Å². The molecule has 1 rings (SSSR count). The van der Waals surface area contributed by atoms with E-state index in [0.717, 1.165) is 10.6 Å². The van der Waals surface area contributed by atoms with Gasteiger partial charge in [-0.3, -0.25) is 0 Å². The summed E-state index contributed by atoms with van der Waals surface area (Å²) in [5.74, 6) is -0.0199. The third kappa shape index (κ3) is 2.55. The fraction of sp³-hybridized carbons (Fsp3) is 0.250. The summed E-state index contributed by atoms with van der Waals surface area (Å²) in [7, 11) is 0. The lowest BCUT2D eigenvalue weighted by atomic mass is 10.2. The van der Waals surface area contributed by atoms with Crippen LogP contribution in [0.1, 0.15) is 17.4 Å². The highest BCUT2D eigenvalue weighted by atomic mass is 32.1. The van der Waals surface area contributed by atoms with E-state index in [0.29, 0.717) is 0 Å². The van der Waals surface area contributed by atoms with Gasteiger partial charge in [0.1, 0.15) is 0 Å². The Morgan fingerprint density at radius 2 is 2.08 bits per heavy atom. The molecule has 1 heterocycles. The molecule has 0 bridgehead atoms. The first-order valence-corrected chi connectivity index (χ1v) is 4.67. The van der Waals surface area contributed by atoms with Crippen LogP contribution in [0.15, 0.2) is 21.6 Å². The van der Waals surface area contributed by atoms with Gasteiger partial charge in [0.25, 0.3) is 0 Å². The molecule has 0 radical (unpaired) electrons. The maximum absolute atomic E-state index is 5.16. The number of hydrogen-bond donors (Lipinski definition) is 2. The van der Waals surface area contributed by atoms with Gasteiger partial charge in [0.15, 0.2) is 0 Å². The second-order valence-electron chi connectivity index (χ2n) is 2.64. The molecular formula is C8H12N4S. The molecule has 0 atom stereocenters. The Balaban J connectivity index is 2.91. The molecule has 0 aliphatic rings. The second kappa shape index (κ2) is 4.04. The van der Waals surface area contributed by atoms with Gasteiger partial charge in [-0.15, -0.1) is 16.4 Å². The quantitative estimate of drug-likeness (QED) is 0.421. The second-order valence-corrected chi connectivity index (χ2v) is 3.56. The molecule has 0 saturated carbocycles. The minimum Gasteiger partial charge on any atom is -0.369 e. The average Bonchev–Trinajstić information content (AvgIpc) is 2.47. The SMILES string of the molecule is CC(=NN=C(N)N)c1sccc1C. The van der Waals surface area contributed by atoms with E-state index in [1.807, 2.05) is 25.3 Å². The number of rotatable bonds is 2. The molecule has 4 nitrogen and oxygen atoms in total. The third-order valence-corrected chi connectivity index (χ3v) is 2.63. The number of thiophene rings is 1. The zero-order chi connectivity index (χ0) is 9.84. The van der Waals surface area contributed by atoms with Crippen molar-refractivity contribution in [3.63, 3.8) is 0 Å². The third-order valence-electron chi connectivity index (χ3n) is 1.51. The average molecular weight is 196 g/mol. The lowest BCUT2D eigenvalue weighted by Gasteiger charge is -1.95. The maximum atomic E-state index is 5.16. The fourth-order valence-corrected chi connectivity index (χ4v) is 1.80. The van der Waals surface area contributed by atoms with Crippen LogP contribution in [-0.2, 0) is 0 Å². The summed E-state index contributed by atoms with van der Waals surface area (Å²) in [5.41, 5.74) is 12.3. The van der Waals surface area contributed by atoms with Crippen molar-refractivity contribution in [2.75, 3.05) is 0 Å². The van der Waals surface area contributed by atoms with Crippen LogP contribution in [0.25, 0.3) is 0 Å². The molecule has 4 N–H and O–H groups in total. The van der Waals surface area contributed by atoms with Gasteiger partial charge in [-0.25, -0.2) is 0 Å². The van der Waals surface area contributed by atoms with Gasteiger partial charge >= 0.3 is 0 Å². The molecule has 0 aliphatic heterocycles. The Morgan fingerprint density at radius 3 is 2.54 bits per heavy atom. The van der Waals surface area contributed by atoms with E-state index in [-0.39, 0.29) is 5.96 Å². The van der Waals surface area contributed by atoms with E-state index in [2.05, 4.69) is 10.2 Å². The molecule has 0 unspecified atom stereocenters. The summed E-state index contributed by atoms with van der Waals surface area (Å²) >= 11 is 1.63. The Labute approximate surface area is 81.0 Å². The van der Waals surface area contributed by atoms with Crippen molar-refractivity contribution in [3.8, 4) is 0 Å². The minimum absolute atomic E-state index is 0.0199. The molecule has 0 aromatic carbocycles. The molecule has 0 amide bonds. The highest BCUT2D eigenvalue weighted by molar-refractivity contribution is 7.12. The van der Waals surface area contributed by atoms with Crippen molar-refractivity contribution < 1.29 is 0 Å². The smallest absolute Gasteiger partial charge is 0.211 e. The predicted molar refractivity (Wildman–Crippen MR) is 57.1 cm³/mol. The van der Waals surface area contributed by atoms with Gasteiger partial charge in [0, 0.05) is 0 Å². The Bertz CT molecular complexity index is 347. The van der Waals surface area contributed by atoms with Crippen LogP contribution in [0.2, 0.25) is 0 Å². The monoisotopic (exact) mass is 196 g/mol. The number of guanidine groups is 1. The van der Waals surface area contributed by atoms with E-state index in [9.17, 15) is 0 Å². The van der Waals surface area contributed by atoms with E-state index in [1.54, 1.807) is 11.3 Å². The number of nitrogens with two attached hydrogens (primary N) is 2. The normalized spacial score (nSPS) is 11.4. The fourth-order valence-electron chi connectivity index (χ4n) is 0.922. The van der Waals surface area contributed by atoms with Crippen LogP contribution in [0.5, 0.6) is 0 Å². The molecule has 0 fully saturated rings. The lowest BCUT2D eigenvalue weighted by Crippen LogP contribution is -2.22. The van der Waals surface area contributed by atoms with Crippen LogP contribution < -0.4 is 11.5 Å². The minimum atomic E-state index is -0.0199. The number of nitrogens with zero attached hydrogens (tertiary/aromatic N) is 2. The van der Waals surface area contributed by atoms with E-state index >= 15 is 0 Å². The molecule has 0 saturated heterocycles. The van der Waals surface area contributed by atoms with Crippen LogP contribution in [0, 0.1) is 6.92 Å². The standard InChI is InChI=1S/C8H12N4S/c1-5-3-4-13-7(5)6(2)11-12-8(9)10/h3-4H,1-2H3,(H4,9,10,12).